The van der Waals surface area contributed by atoms with E-state index in [-0.39, 0.29) is 0 Å². The van der Waals surface area contributed by atoms with E-state index in [9.17, 15) is 0 Å². The lowest BCUT2D eigenvalue weighted by atomic mass is 9.25. The van der Waals surface area contributed by atoms with Gasteiger partial charge in [-0.2, -0.15) is 0 Å². The van der Waals surface area contributed by atoms with Gasteiger partial charge >= 0.3 is 0 Å². The van der Waals surface area contributed by atoms with Crippen molar-refractivity contribution in [1.29, 1.82) is 0 Å². The van der Waals surface area contributed by atoms with Gasteiger partial charge in [0.15, 0.2) is 6.71 Å². The molecule has 0 nitrogen and oxygen atoms in total. The van der Waals surface area contributed by atoms with E-state index in [0.29, 0.717) is 17.9 Å². The molecule has 0 amide bonds. The zero-order chi connectivity index (χ0) is 14.6. The van der Waals surface area contributed by atoms with Gasteiger partial charge in [0.05, 0.1) is 0 Å². The topological polar surface area (TPSA) is 0 Å². The van der Waals surface area contributed by atoms with Gasteiger partial charge in [0.25, 0.3) is 0 Å². The van der Waals surface area contributed by atoms with Gasteiger partial charge < -0.3 is 0 Å². The highest BCUT2D eigenvalue weighted by molar-refractivity contribution is 14.1. The molecule has 0 atom stereocenters. The Kier molecular flexibility index (Phi) is 6.69. The minimum Gasteiger partial charge on any atom is -0.0961 e. The summed E-state index contributed by atoms with van der Waals surface area (Å²) < 4.78 is 1.52. The van der Waals surface area contributed by atoms with E-state index in [1.54, 1.807) is 0 Å². The van der Waals surface area contributed by atoms with Crippen LogP contribution in [0.4, 0.5) is 0 Å². The molecule has 1 rings (SSSR count). The lowest BCUT2D eigenvalue weighted by molar-refractivity contribution is 0.436. The molecule has 2 heteroatoms. The van der Waals surface area contributed by atoms with Gasteiger partial charge in [0, 0.05) is 0 Å². The number of hydrogen-bond acceptors (Lipinski definition) is 0. The maximum atomic E-state index is 4.07. The molecule has 1 fully saturated rings. The molecular formula is C17H30BI. The molecule has 1 aliphatic carbocycles. The third kappa shape index (κ3) is 4.65. The first-order valence-corrected chi connectivity index (χ1v) is 8.87. The highest BCUT2D eigenvalue weighted by Crippen LogP contribution is 2.50. The Morgan fingerprint density at radius 1 is 1.26 bits per heavy atom. The van der Waals surface area contributed by atoms with Crippen molar-refractivity contribution in [3.8, 4) is 0 Å². The summed E-state index contributed by atoms with van der Waals surface area (Å²) in [6.07, 6.45) is 9.42. The molecule has 1 aliphatic rings. The molecule has 0 unspecified atom stereocenters. The molecule has 108 valence electrons. The van der Waals surface area contributed by atoms with Gasteiger partial charge in [-0.15, -0.1) is 0 Å². The largest absolute Gasteiger partial charge is 0.193 e. The van der Waals surface area contributed by atoms with Crippen molar-refractivity contribution in [2.45, 2.75) is 77.9 Å². The molecule has 0 spiro atoms. The SMILES string of the molecule is C=C(C)/C=C(\I)B(C1CCCCC1)C(C)(C)C(C)C. The second-order valence-corrected chi connectivity index (χ2v) is 8.47. The van der Waals surface area contributed by atoms with Crippen molar-refractivity contribution in [2.24, 2.45) is 5.92 Å². The first-order valence-electron chi connectivity index (χ1n) is 7.79. The molecule has 0 aromatic carbocycles. The molecule has 0 aromatic heterocycles. The van der Waals surface area contributed by atoms with Crippen molar-refractivity contribution in [3.05, 3.63) is 21.7 Å². The maximum Gasteiger partial charge on any atom is 0.193 e. The Morgan fingerprint density at radius 3 is 2.21 bits per heavy atom. The minimum absolute atomic E-state index is 0.366. The Bertz CT molecular complexity index is 335. The van der Waals surface area contributed by atoms with E-state index < -0.39 is 0 Å². The van der Waals surface area contributed by atoms with Gasteiger partial charge in [-0.05, 0) is 21.6 Å². The molecule has 0 bridgehead atoms. The van der Waals surface area contributed by atoms with Crippen LogP contribution in [0.1, 0.15) is 66.7 Å². The van der Waals surface area contributed by atoms with Crippen LogP contribution >= 0.6 is 22.6 Å². The third-order valence-corrected chi connectivity index (χ3v) is 6.07. The summed E-state index contributed by atoms with van der Waals surface area (Å²) in [5, 5.41) is 0.366. The molecule has 19 heavy (non-hydrogen) atoms. The Balaban J connectivity index is 3.06. The Morgan fingerprint density at radius 2 is 1.79 bits per heavy atom. The van der Waals surface area contributed by atoms with Crippen LogP contribution in [0.15, 0.2) is 21.7 Å². The molecule has 1 saturated carbocycles. The average Bonchev–Trinajstić information content (AvgIpc) is 2.28. The molecule has 0 N–H and O–H groups in total. The van der Waals surface area contributed by atoms with E-state index in [2.05, 4.69) is 69.9 Å². The predicted octanol–water partition coefficient (Wildman–Crippen LogP) is 6.69. The van der Waals surface area contributed by atoms with E-state index in [1.165, 1.54) is 41.2 Å². The monoisotopic (exact) mass is 372 g/mol. The summed E-state index contributed by atoms with van der Waals surface area (Å²) in [5.41, 5.74) is 1.18. The molecule has 0 aromatic rings. The van der Waals surface area contributed by atoms with E-state index in [4.69, 9.17) is 0 Å². The third-order valence-electron chi connectivity index (χ3n) is 5.09. The van der Waals surface area contributed by atoms with Crippen LogP contribution in [0.5, 0.6) is 0 Å². The van der Waals surface area contributed by atoms with Gasteiger partial charge in [-0.25, -0.2) is 0 Å². The van der Waals surface area contributed by atoms with Crippen molar-refractivity contribution in [1.82, 2.24) is 0 Å². The normalized spacial score (nSPS) is 18.8. The first-order chi connectivity index (χ1) is 8.76. The standard InChI is InChI=1S/C17H30BI/c1-13(2)12-16(19)18(17(5,6)14(3)4)15-10-8-7-9-11-15/h12,14-15H,1,7-11H2,2-6H3/b16-12-. The summed E-state index contributed by atoms with van der Waals surface area (Å²) in [6, 6.07) is 0. The fraction of sp³-hybridized carbons (Fsp3) is 0.765. The summed E-state index contributed by atoms with van der Waals surface area (Å²) in [5.74, 6) is 1.58. The predicted molar refractivity (Wildman–Crippen MR) is 98.4 cm³/mol. The van der Waals surface area contributed by atoms with Crippen molar-refractivity contribution in [3.63, 3.8) is 0 Å². The summed E-state index contributed by atoms with van der Waals surface area (Å²) in [4.78, 5) is 0. The van der Waals surface area contributed by atoms with Crippen LogP contribution in [0, 0.1) is 5.92 Å². The quantitative estimate of drug-likeness (QED) is 0.287. The lowest BCUT2D eigenvalue weighted by Crippen LogP contribution is -2.38. The second kappa shape index (κ2) is 7.33. The van der Waals surface area contributed by atoms with E-state index >= 15 is 0 Å². The van der Waals surface area contributed by atoms with Gasteiger partial charge in [-0.3, -0.25) is 0 Å². The van der Waals surface area contributed by atoms with E-state index in [0.717, 1.165) is 5.82 Å². The van der Waals surface area contributed by atoms with Crippen molar-refractivity contribution in [2.75, 3.05) is 0 Å². The molecule has 0 aliphatic heterocycles. The molecule has 0 radical (unpaired) electrons. The Labute approximate surface area is 134 Å². The highest BCUT2D eigenvalue weighted by atomic mass is 127. The summed E-state index contributed by atoms with van der Waals surface area (Å²) in [7, 11) is 0. The summed E-state index contributed by atoms with van der Waals surface area (Å²) >= 11 is 2.58. The zero-order valence-electron chi connectivity index (χ0n) is 13.4. The Hall–Kier alpha value is 0.275. The van der Waals surface area contributed by atoms with E-state index in [1.807, 2.05) is 0 Å². The molecule has 0 heterocycles. The highest BCUT2D eigenvalue weighted by Gasteiger charge is 2.42. The second-order valence-electron chi connectivity index (χ2n) is 7.23. The molecular weight excluding hydrogens is 342 g/mol. The fourth-order valence-corrected chi connectivity index (χ4v) is 5.18. The smallest absolute Gasteiger partial charge is 0.0961 e. The molecule has 0 saturated heterocycles. The number of hydrogen-bond donors (Lipinski definition) is 0. The zero-order valence-corrected chi connectivity index (χ0v) is 15.6. The average molecular weight is 372 g/mol. The van der Waals surface area contributed by atoms with Gasteiger partial charge in [0.1, 0.15) is 0 Å². The first kappa shape index (κ1) is 17.3. The van der Waals surface area contributed by atoms with Crippen molar-refractivity contribution < 1.29 is 0 Å². The number of allylic oxidation sites excluding steroid dienone is 2. The fourth-order valence-electron chi connectivity index (χ4n) is 3.34. The van der Waals surface area contributed by atoms with Crippen LogP contribution in [-0.4, -0.2) is 6.71 Å². The van der Waals surface area contributed by atoms with Crippen LogP contribution in [-0.2, 0) is 0 Å². The van der Waals surface area contributed by atoms with Crippen LogP contribution < -0.4 is 0 Å². The summed E-state index contributed by atoms with van der Waals surface area (Å²) in [6.45, 7) is 16.5. The minimum atomic E-state index is 0.366. The van der Waals surface area contributed by atoms with Crippen LogP contribution in [0.2, 0.25) is 11.1 Å². The number of halogens is 1. The maximum absolute atomic E-state index is 4.07. The number of rotatable bonds is 5. The van der Waals surface area contributed by atoms with Crippen LogP contribution in [0.3, 0.4) is 0 Å². The van der Waals surface area contributed by atoms with Gasteiger partial charge in [0.2, 0.25) is 0 Å². The van der Waals surface area contributed by atoms with Crippen molar-refractivity contribution >= 4 is 29.3 Å². The van der Waals surface area contributed by atoms with Crippen LogP contribution in [0.25, 0.3) is 0 Å². The lowest BCUT2D eigenvalue weighted by Gasteiger charge is -2.41. The van der Waals surface area contributed by atoms with Gasteiger partial charge in [-0.1, -0.05) is 106 Å².